The molecule has 0 atom stereocenters. The van der Waals surface area contributed by atoms with E-state index in [0.717, 1.165) is 18.2 Å². The van der Waals surface area contributed by atoms with Crippen LogP contribution in [0.4, 0.5) is 23.2 Å². The zero-order valence-corrected chi connectivity index (χ0v) is 20.9. The van der Waals surface area contributed by atoms with Crippen LogP contribution in [0.25, 0.3) is 0 Å². The summed E-state index contributed by atoms with van der Waals surface area (Å²) in [5.41, 5.74) is 0.614. The number of piperazine rings is 1. The van der Waals surface area contributed by atoms with Crippen LogP contribution in [0.1, 0.15) is 28.8 Å². The van der Waals surface area contributed by atoms with Gasteiger partial charge >= 0.3 is 6.36 Å². The molecule has 14 heteroatoms. The van der Waals surface area contributed by atoms with Gasteiger partial charge in [-0.1, -0.05) is 23.2 Å². The molecule has 1 saturated carbocycles. The molecule has 0 unspecified atom stereocenters. The number of ether oxygens (including phenoxy) is 1. The van der Waals surface area contributed by atoms with Crippen LogP contribution in [0.5, 0.6) is 5.75 Å². The number of carbonyl (C=O) groups is 1. The number of benzene rings is 2. The van der Waals surface area contributed by atoms with Gasteiger partial charge in [0.25, 0.3) is 5.91 Å². The lowest BCUT2D eigenvalue weighted by Gasteiger charge is -2.36. The lowest BCUT2D eigenvalue weighted by atomic mass is 10.1. The van der Waals surface area contributed by atoms with Gasteiger partial charge in [-0.2, -0.15) is 0 Å². The molecule has 7 nitrogen and oxygen atoms in total. The monoisotopic (exact) mass is 569 g/mol. The Morgan fingerprint density at radius 2 is 1.72 bits per heavy atom. The second-order valence-electron chi connectivity index (χ2n) is 8.52. The van der Waals surface area contributed by atoms with Crippen molar-refractivity contribution in [1.29, 1.82) is 0 Å². The number of nitrogens with zero attached hydrogens (tertiary/aromatic N) is 2. The first kappa shape index (κ1) is 26.8. The number of amides is 1. The van der Waals surface area contributed by atoms with Gasteiger partial charge in [-0.15, -0.1) is 13.2 Å². The Morgan fingerprint density at radius 3 is 2.31 bits per heavy atom. The molecule has 196 valence electrons. The van der Waals surface area contributed by atoms with Crippen LogP contribution in [0.3, 0.4) is 0 Å². The van der Waals surface area contributed by atoms with Crippen molar-refractivity contribution >= 4 is 44.8 Å². The van der Waals surface area contributed by atoms with Crippen molar-refractivity contribution in [3.63, 3.8) is 0 Å². The van der Waals surface area contributed by atoms with E-state index in [2.05, 4.69) is 4.74 Å². The molecule has 1 aliphatic carbocycles. The van der Waals surface area contributed by atoms with Gasteiger partial charge in [-0.25, -0.2) is 17.5 Å². The fourth-order valence-corrected chi connectivity index (χ4v) is 5.56. The van der Waals surface area contributed by atoms with Crippen molar-refractivity contribution in [2.75, 3.05) is 31.1 Å². The summed E-state index contributed by atoms with van der Waals surface area (Å²) in [4.78, 5) is 16.2. The predicted octanol–water partition coefficient (Wildman–Crippen LogP) is 4.58. The second kappa shape index (κ2) is 10.2. The number of nitrogens with one attached hydrogen (secondary N) is 1. The minimum atomic E-state index is -4.84. The van der Waals surface area contributed by atoms with Crippen LogP contribution < -0.4 is 14.4 Å². The van der Waals surface area contributed by atoms with Crippen LogP contribution in [-0.2, 0) is 16.6 Å². The number of carbonyl (C=O) groups excluding carboxylic acids is 1. The molecule has 1 amide bonds. The standard InChI is InChI=1S/C22H21Cl2F4N3O4S/c23-17-11-16(21(32)29-36(33,34)15-2-3-15)19(25)9-13(17)12-30-5-7-31(8-6-30)14-1-4-20(18(24)10-14)35-22(26,27)28/h1,4,9-11,15H,2-3,5-8,12H2,(H,29,32). The van der Waals surface area contributed by atoms with Crippen molar-refractivity contribution in [1.82, 2.24) is 9.62 Å². The highest BCUT2D eigenvalue weighted by atomic mass is 35.5. The highest BCUT2D eigenvalue weighted by Crippen LogP contribution is 2.34. The Balaban J connectivity index is 1.36. The molecule has 36 heavy (non-hydrogen) atoms. The maximum atomic E-state index is 14.6. The maximum absolute atomic E-state index is 14.6. The minimum absolute atomic E-state index is 0.125. The summed E-state index contributed by atoms with van der Waals surface area (Å²) >= 11 is 12.2. The van der Waals surface area contributed by atoms with Crippen LogP contribution in [0.2, 0.25) is 10.0 Å². The average molecular weight is 570 g/mol. The van der Waals surface area contributed by atoms with E-state index < -0.39 is 44.7 Å². The molecule has 0 aromatic heterocycles. The van der Waals surface area contributed by atoms with Gasteiger partial charge in [0.15, 0.2) is 0 Å². The molecule has 0 spiro atoms. The van der Waals surface area contributed by atoms with Crippen LogP contribution in [0.15, 0.2) is 30.3 Å². The molecule has 1 N–H and O–H groups in total. The SMILES string of the molecule is O=C(NS(=O)(=O)C1CC1)c1cc(Cl)c(CN2CCN(c3ccc(OC(F)(F)F)c(Cl)c3)CC2)cc1F. The molecular formula is C22H21Cl2F4N3O4S. The summed E-state index contributed by atoms with van der Waals surface area (Å²) in [6.07, 6.45) is -3.92. The van der Waals surface area contributed by atoms with Crippen molar-refractivity contribution in [3.05, 3.63) is 57.3 Å². The smallest absolute Gasteiger partial charge is 0.404 e. The zero-order chi connectivity index (χ0) is 26.3. The molecule has 1 saturated heterocycles. The molecule has 2 aromatic carbocycles. The van der Waals surface area contributed by atoms with Crippen LogP contribution >= 0.6 is 23.2 Å². The first-order chi connectivity index (χ1) is 16.8. The van der Waals surface area contributed by atoms with Crippen molar-refractivity contribution in [3.8, 4) is 5.75 Å². The number of halogens is 6. The Hall–Kier alpha value is -2.28. The number of sulfonamides is 1. The summed E-state index contributed by atoms with van der Waals surface area (Å²) in [5, 5.41) is -0.663. The molecule has 1 heterocycles. The summed E-state index contributed by atoms with van der Waals surface area (Å²) in [7, 11) is -3.83. The molecule has 2 aromatic rings. The Morgan fingerprint density at radius 1 is 1.06 bits per heavy atom. The van der Waals surface area contributed by atoms with E-state index in [1.807, 2.05) is 14.5 Å². The van der Waals surface area contributed by atoms with E-state index in [4.69, 9.17) is 23.2 Å². The van der Waals surface area contributed by atoms with E-state index in [0.29, 0.717) is 50.3 Å². The minimum Gasteiger partial charge on any atom is -0.404 e. The number of hydrogen-bond acceptors (Lipinski definition) is 6. The van der Waals surface area contributed by atoms with Gasteiger partial charge in [0, 0.05) is 43.4 Å². The fraction of sp³-hybridized carbons (Fsp3) is 0.409. The van der Waals surface area contributed by atoms with E-state index in [9.17, 15) is 30.8 Å². The van der Waals surface area contributed by atoms with Gasteiger partial charge in [-0.05, 0) is 48.7 Å². The van der Waals surface area contributed by atoms with Gasteiger partial charge in [0.2, 0.25) is 10.0 Å². The lowest BCUT2D eigenvalue weighted by molar-refractivity contribution is -0.274. The zero-order valence-electron chi connectivity index (χ0n) is 18.6. The number of rotatable bonds is 7. The predicted molar refractivity (Wildman–Crippen MR) is 126 cm³/mol. The van der Waals surface area contributed by atoms with Crippen LogP contribution in [-0.4, -0.2) is 57.0 Å². The second-order valence-corrected chi connectivity index (χ2v) is 11.3. The summed E-state index contributed by atoms with van der Waals surface area (Å²) < 4.78 is 81.7. The summed E-state index contributed by atoms with van der Waals surface area (Å²) in [6, 6.07) is 6.28. The van der Waals surface area contributed by atoms with E-state index in [1.54, 1.807) is 0 Å². The molecular weight excluding hydrogens is 549 g/mol. The molecule has 4 rings (SSSR count). The third-order valence-corrected chi connectivity index (χ3v) is 8.32. The third kappa shape index (κ3) is 6.53. The van der Waals surface area contributed by atoms with E-state index >= 15 is 0 Å². The maximum Gasteiger partial charge on any atom is 0.573 e. The lowest BCUT2D eigenvalue weighted by Crippen LogP contribution is -2.46. The highest BCUT2D eigenvalue weighted by molar-refractivity contribution is 7.91. The molecule has 2 fully saturated rings. The summed E-state index contributed by atoms with van der Waals surface area (Å²) in [5.74, 6) is -2.43. The Bertz CT molecular complexity index is 1260. The van der Waals surface area contributed by atoms with Crippen molar-refractivity contribution in [2.24, 2.45) is 0 Å². The summed E-state index contributed by atoms with van der Waals surface area (Å²) in [6.45, 7) is 2.41. The van der Waals surface area contributed by atoms with Crippen molar-refractivity contribution in [2.45, 2.75) is 31.0 Å². The molecule has 0 radical (unpaired) electrons. The topological polar surface area (TPSA) is 79.0 Å². The molecule has 1 aliphatic heterocycles. The first-order valence-electron chi connectivity index (χ1n) is 10.9. The van der Waals surface area contributed by atoms with Gasteiger partial charge in [0.1, 0.15) is 11.6 Å². The first-order valence-corrected chi connectivity index (χ1v) is 13.2. The van der Waals surface area contributed by atoms with E-state index in [1.165, 1.54) is 12.1 Å². The number of hydrogen-bond donors (Lipinski definition) is 1. The van der Waals surface area contributed by atoms with Crippen molar-refractivity contribution < 1.29 is 35.5 Å². The molecule has 0 bridgehead atoms. The Labute approximate surface area is 215 Å². The fourth-order valence-electron chi connectivity index (χ4n) is 3.83. The third-order valence-electron chi connectivity index (χ3n) is 5.85. The largest absolute Gasteiger partial charge is 0.573 e. The van der Waals surface area contributed by atoms with Gasteiger partial charge in [0.05, 0.1) is 15.8 Å². The van der Waals surface area contributed by atoms with Gasteiger partial charge in [-0.3, -0.25) is 9.69 Å². The number of alkyl halides is 3. The van der Waals surface area contributed by atoms with E-state index in [-0.39, 0.29) is 16.6 Å². The highest BCUT2D eigenvalue weighted by Gasteiger charge is 2.37. The molecule has 2 aliphatic rings. The van der Waals surface area contributed by atoms with Gasteiger partial charge < -0.3 is 9.64 Å². The average Bonchev–Trinajstić information content (AvgIpc) is 3.63. The normalized spacial score (nSPS) is 17.2. The quantitative estimate of drug-likeness (QED) is 0.492. The number of anilines is 1. The van der Waals surface area contributed by atoms with Crippen LogP contribution in [0, 0.1) is 5.82 Å². The Kier molecular flexibility index (Phi) is 7.61.